The molecule has 0 bridgehead atoms. The van der Waals surface area contributed by atoms with Gasteiger partial charge in [0.2, 0.25) is 5.89 Å². The Hall–Kier alpha value is -2.30. The van der Waals surface area contributed by atoms with Crippen molar-refractivity contribution in [3.05, 3.63) is 42.3 Å². The van der Waals surface area contributed by atoms with Crippen LogP contribution in [0.15, 0.2) is 35.0 Å². The summed E-state index contributed by atoms with van der Waals surface area (Å²) in [5.41, 5.74) is 7.97. The first-order valence-corrected chi connectivity index (χ1v) is 6.30. The highest BCUT2D eigenvalue weighted by Crippen LogP contribution is 2.22. The van der Waals surface area contributed by atoms with E-state index >= 15 is 0 Å². The molecule has 0 radical (unpaired) electrons. The maximum Gasteiger partial charge on any atom is 0.215 e. The number of nitrogen functional groups attached to an aromatic ring is 1. The number of oxazole rings is 1. The van der Waals surface area contributed by atoms with Gasteiger partial charge in [0.15, 0.2) is 5.58 Å². The lowest BCUT2D eigenvalue weighted by atomic mass is 10.2. The molecular weight excluding hydrogens is 240 g/mol. The van der Waals surface area contributed by atoms with Gasteiger partial charge in [-0.3, -0.25) is 0 Å². The van der Waals surface area contributed by atoms with Gasteiger partial charge in [-0.05, 0) is 12.1 Å². The molecule has 0 fully saturated rings. The molecule has 0 unspecified atom stereocenters. The van der Waals surface area contributed by atoms with E-state index in [4.69, 9.17) is 10.2 Å². The first-order valence-electron chi connectivity index (χ1n) is 6.30. The van der Waals surface area contributed by atoms with Crippen molar-refractivity contribution in [2.45, 2.75) is 26.3 Å². The number of nitrogens with two attached hydrogens (primary N) is 1. The van der Waals surface area contributed by atoms with E-state index < -0.39 is 0 Å². The Kier molecular flexibility index (Phi) is 2.74. The Morgan fingerprint density at radius 1 is 1.37 bits per heavy atom. The van der Waals surface area contributed by atoms with E-state index in [2.05, 4.69) is 23.8 Å². The fraction of sp³-hybridized carbons (Fsp3) is 0.286. The minimum absolute atomic E-state index is 0.365. The summed E-state index contributed by atoms with van der Waals surface area (Å²) < 4.78 is 7.76. The number of hydrogen-bond donors (Lipinski definition) is 1. The van der Waals surface area contributed by atoms with Gasteiger partial charge < -0.3 is 14.7 Å². The van der Waals surface area contributed by atoms with Gasteiger partial charge in [0.05, 0.1) is 5.69 Å². The summed E-state index contributed by atoms with van der Waals surface area (Å²) in [7, 11) is 0. The Morgan fingerprint density at radius 2 is 2.21 bits per heavy atom. The molecular formula is C14H16N4O. The molecule has 2 heterocycles. The van der Waals surface area contributed by atoms with Gasteiger partial charge in [-0.2, -0.15) is 0 Å². The molecule has 98 valence electrons. The predicted molar refractivity (Wildman–Crippen MR) is 73.8 cm³/mol. The quantitative estimate of drug-likeness (QED) is 0.731. The van der Waals surface area contributed by atoms with Crippen LogP contribution < -0.4 is 5.73 Å². The summed E-state index contributed by atoms with van der Waals surface area (Å²) >= 11 is 0. The zero-order valence-electron chi connectivity index (χ0n) is 11.0. The molecule has 3 rings (SSSR count). The molecule has 3 aromatic rings. The number of nitrogens with zero attached hydrogens (tertiary/aromatic N) is 3. The zero-order chi connectivity index (χ0) is 13.4. The second kappa shape index (κ2) is 4.42. The van der Waals surface area contributed by atoms with Crippen LogP contribution in [0.2, 0.25) is 0 Å². The third-order valence-electron chi connectivity index (χ3n) is 3.06. The highest BCUT2D eigenvalue weighted by molar-refractivity contribution is 5.85. The van der Waals surface area contributed by atoms with Crippen molar-refractivity contribution < 1.29 is 4.42 Å². The van der Waals surface area contributed by atoms with E-state index in [1.807, 2.05) is 29.0 Å². The topological polar surface area (TPSA) is 69.9 Å². The van der Waals surface area contributed by atoms with Crippen LogP contribution in [-0.4, -0.2) is 14.5 Å². The van der Waals surface area contributed by atoms with Crippen LogP contribution in [-0.2, 0) is 6.54 Å². The molecule has 0 amide bonds. The number of para-hydroxylation sites is 1. The molecule has 0 aliphatic rings. The highest BCUT2D eigenvalue weighted by Gasteiger charge is 2.12. The average molecular weight is 256 g/mol. The summed E-state index contributed by atoms with van der Waals surface area (Å²) in [6.45, 7) is 4.80. The van der Waals surface area contributed by atoms with Crippen molar-refractivity contribution in [1.29, 1.82) is 0 Å². The maximum atomic E-state index is 5.88. The first-order chi connectivity index (χ1) is 9.15. The minimum atomic E-state index is 0.365. The molecule has 19 heavy (non-hydrogen) atoms. The Balaban J connectivity index is 1.97. The maximum absolute atomic E-state index is 5.88. The third-order valence-corrected chi connectivity index (χ3v) is 3.06. The number of fused-ring (bicyclic) bond motifs is 1. The largest absolute Gasteiger partial charge is 0.439 e. The highest BCUT2D eigenvalue weighted by atomic mass is 16.3. The molecule has 2 aromatic heterocycles. The monoisotopic (exact) mass is 256 g/mol. The smallest absolute Gasteiger partial charge is 0.215 e. The third kappa shape index (κ3) is 2.07. The van der Waals surface area contributed by atoms with Gasteiger partial charge in [-0.25, -0.2) is 9.97 Å². The van der Waals surface area contributed by atoms with Gasteiger partial charge in [0.1, 0.15) is 17.9 Å². The molecule has 0 spiro atoms. The van der Waals surface area contributed by atoms with Gasteiger partial charge in [0.25, 0.3) is 0 Å². The van der Waals surface area contributed by atoms with Crippen molar-refractivity contribution >= 4 is 16.8 Å². The van der Waals surface area contributed by atoms with Crippen molar-refractivity contribution in [3.8, 4) is 0 Å². The summed E-state index contributed by atoms with van der Waals surface area (Å²) in [6.07, 6.45) is 3.74. The van der Waals surface area contributed by atoms with Gasteiger partial charge in [-0.15, -0.1) is 0 Å². The van der Waals surface area contributed by atoms with Gasteiger partial charge in [0, 0.05) is 18.3 Å². The lowest BCUT2D eigenvalue weighted by Crippen LogP contribution is -2.05. The molecule has 0 aliphatic carbocycles. The number of benzene rings is 1. The van der Waals surface area contributed by atoms with Crippen LogP contribution in [0, 0.1) is 0 Å². The Bertz CT molecular complexity index is 711. The van der Waals surface area contributed by atoms with Crippen molar-refractivity contribution in [3.63, 3.8) is 0 Å². The van der Waals surface area contributed by atoms with E-state index in [1.165, 1.54) is 0 Å². The van der Waals surface area contributed by atoms with Crippen LogP contribution in [0.5, 0.6) is 0 Å². The molecule has 5 heteroatoms. The Morgan fingerprint density at radius 3 is 2.95 bits per heavy atom. The molecule has 5 nitrogen and oxygen atoms in total. The first kappa shape index (κ1) is 11.8. The van der Waals surface area contributed by atoms with Crippen LogP contribution in [0.25, 0.3) is 11.1 Å². The van der Waals surface area contributed by atoms with Crippen LogP contribution in [0.3, 0.4) is 0 Å². The molecule has 0 aliphatic heterocycles. The summed E-state index contributed by atoms with van der Waals surface area (Å²) in [6, 6.07) is 5.56. The molecule has 0 saturated carbocycles. The van der Waals surface area contributed by atoms with Crippen molar-refractivity contribution in [2.24, 2.45) is 0 Å². The molecule has 1 aromatic carbocycles. The number of anilines is 1. The average Bonchev–Trinajstić information content (AvgIpc) is 2.96. The SMILES string of the molecule is CC(C)c1nccn1Cc1nc2c(N)cccc2o1. The molecule has 0 saturated heterocycles. The van der Waals surface area contributed by atoms with Crippen LogP contribution in [0.1, 0.15) is 31.5 Å². The van der Waals surface area contributed by atoms with E-state index in [1.54, 1.807) is 6.20 Å². The van der Waals surface area contributed by atoms with Crippen LogP contribution in [0.4, 0.5) is 5.69 Å². The van der Waals surface area contributed by atoms with Crippen LogP contribution >= 0.6 is 0 Å². The normalized spacial score (nSPS) is 11.5. The van der Waals surface area contributed by atoms with E-state index in [0.29, 0.717) is 24.0 Å². The second-order valence-corrected chi connectivity index (χ2v) is 4.87. The van der Waals surface area contributed by atoms with E-state index in [9.17, 15) is 0 Å². The summed E-state index contributed by atoms with van der Waals surface area (Å²) in [4.78, 5) is 8.80. The van der Waals surface area contributed by atoms with Gasteiger partial charge in [-0.1, -0.05) is 19.9 Å². The fourth-order valence-corrected chi connectivity index (χ4v) is 2.18. The number of hydrogen-bond acceptors (Lipinski definition) is 4. The van der Waals surface area contributed by atoms with Crippen molar-refractivity contribution in [1.82, 2.24) is 14.5 Å². The lowest BCUT2D eigenvalue weighted by molar-refractivity contribution is 0.498. The van der Waals surface area contributed by atoms with Crippen molar-refractivity contribution in [2.75, 3.05) is 5.73 Å². The second-order valence-electron chi connectivity index (χ2n) is 4.87. The number of imidazole rings is 1. The summed E-state index contributed by atoms with van der Waals surface area (Å²) in [5.74, 6) is 2.03. The predicted octanol–water partition coefficient (Wildman–Crippen LogP) is 2.78. The fourth-order valence-electron chi connectivity index (χ4n) is 2.18. The zero-order valence-corrected chi connectivity index (χ0v) is 11.0. The molecule has 2 N–H and O–H groups in total. The standard InChI is InChI=1S/C14H16N4O/c1-9(2)14-16-6-7-18(14)8-12-17-13-10(15)4-3-5-11(13)19-12/h3-7,9H,8,15H2,1-2H3. The van der Waals surface area contributed by atoms with E-state index in [0.717, 1.165) is 16.9 Å². The number of rotatable bonds is 3. The number of aromatic nitrogens is 3. The van der Waals surface area contributed by atoms with Gasteiger partial charge >= 0.3 is 0 Å². The Labute approximate surface area is 111 Å². The van der Waals surface area contributed by atoms with E-state index in [-0.39, 0.29) is 0 Å². The molecule has 0 atom stereocenters. The minimum Gasteiger partial charge on any atom is -0.439 e. The lowest BCUT2D eigenvalue weighted by Gasteiger charge is -2.07. The summed E-state index contributed by atoms with van der Waals surface area (Å²) in [5, 5.41) is 0.